The van der Waals surface area contributed by atoms with Crippen molar-refractivity contribution in [2.24, 2.45) is 17.3 Å². The van der Waals surface area contributed by atoms with Crippen LogP contribution >= 0.6 is 0 Å². The number of hydrogen-bond donors (Lipinski definition) is 2. The average molecular weight is 430 g/mol. The first-order chi connectivity index (χ1) is 14.6. The number of nitrogens with zero attached hydrogens (tertiary/aromatic N) is 2. The van der Waals surface area contributed by atoms with Gasteiger partial charge in [-0.2, -0.15) is 0 Å². The highest BCUT2D eigenvalue weighted by atomic mass is 16.6. The minimum absolute atomic E-state index is 0.0243. The number of anilines is 1. The van der Waals surface area contributed by atoms with Gasteiger partial charge in [-0.05, 0) is 23.5 Å². The van der Waals surface area contributed by atoms with Gasteiger partial charge >= 0.3 is 6.03 Å². The van der Waals surface area contributed by atoms with Gasteiger partial charge in [0.2, 0.25) is 11.8 Å². The summed E-state index contributed by atoms with van der Waals surface area (Å²) in [5, 5.41) is 15.8. The van der Waals surface area contributed by atoms with Gasteiger partial charge in [0.15, 0.2) is 5.41 Å². The lowest BCUT2D eigenvalue weighted by Crippen LogP contribution is -2.76. The van der Waals surface area contributed by atoms with E-state index < -0.39 is 40.3 Å². The zero-order valence-electron chi connectivity index (χ0n) is 17.9. The van der Waals surface area contributed by atoms with Crippen molar-refractivity contribution in [3.63, 3.8) is 0 Å². The van der Waals surface area contributed by atoms with Crippen LogP contribution in [0.25, 0.3) is 0 Å². The molecule has 1 aromatic rings. The van der Waals surface area contributed by atoms with Crippen molar-refractivity contribution in [2.75, 3.05) is 11.4 Å². The Kier molecular flexibility index (Phi) is 5.00. The summed E-state index contributed by atoms with van der Waals surface area (Å²) in [6.07, 6.45) is -0.679. The van der Waals surface area contributed by atoms with Crippen LogP contribution in [-0.4, -0.2) is 47.6 Å². The van der Waals surface area contributed by atoms with Crippen molar-refractivity contribution in [3.8, 4) is 0 Å². The molecule has 1 spiro atoms. The Morgan fingerprint density at radius 3 is 2.32 bits per heavy atom. The van der Waals surface area contributed by atoms with E-state index in [9.17, 15) is 24.5 Å². The predicted molar refractivity (Wildman–Crippen MR) is 110 cm³/mol. The maximum Gasteiger partial charge on any atom is 0.328 e. The molecule has 1 aromatic carbocycles. The molecule has 4 rings (SSSR count). The van der Waals surface area contributed by atoms with Crippen molar-refractivity contribution in [1.82, 2.24) is 10.6 Å². The molecular weight excluding hydrogens is 404 g/mol. The number of urea groups is 1. The Morgan fingerprint density at radius 1 is 1.13 bits per heavy atom. The molecule has 3 aliphatic heterocycles. The molecule has 2 fully saturated rings. The molecule has 0 bridgehead atoms. The van der Waals surface area contributed by atoms with Crippen LogP contribution in [-0.2, 0) is 20.7 Å². The number of hydrogen-bond acceptors (Lipinski definition) is 7. The number of amides is 4. The van der Waals surface area contributed by atoms with E-state index in [2.05, 4.69) is 10.6 Å². The highest BCUT2D eigenvalue weighted by molar-refractivity contribution is 6.20. The number of barbiturate groups is 1. The first-order valence-corrected chi connectivity index (χ1v) is 10.4. The van der Waals surface area contributed by atoms with Crippen LogP contribution in [0.4, 0.5) is 16.2 Å². The number of carbonyl (C=O) groups is 3. The van der Waals surface area contributed by atoms with Crippen molar-refractivity contribution in [1.29, 1.82) is 0 Å². The van der Waals surface area contributed by atoms with E-state index >= 15 is 0 Å². The number of carbonyl (C=O) groups excluding carboxylic acids is 3. The molecule has 10 nitrogen and oxygen atoms in total. The number of nitro benzene ring substituents is 1. The van der Waals surface area contributed by atoms with Crippen LogP contribution in [0.2, 0.25) is 0 Å². The monoisotopic (exact) mass is 430 g/mol. The van der Waals surface area contributed by atoms with E-state index in [4.69, 9.17) is 4.74 Å². The smallest absolute Gasteiger partial charge is 0.328 e. The third kappa shape index (κ3) is 3.16. The van der Waals surface area contributed by atoms with Gasteiger partial charge in [0.25, 0.3) is 5.69 Å². The highest BCUT2D eigenvalue weighted by Crippen LogP contribution is 2.49. The van der Waals surface area contributed by atoms with Crippen LogP contribution in [0.15, 0.2) is 18.2 Å². The number of rotatable bonds is 3. The Labute approximate surface area is 179 Å². The second kappa shape index (κ2) is 7.30. The molecule has 10 heteroatoms. The third-order valence-electron chi connectivity index (χ3n) is 6.58. The Hall–Kier alpha value is -3.01. The lowest BCUT2D eigenvalue weighted by Gasteiger charge is -2.57. The zero-order valence-corrected chi connectivity index (χ0v) is 17.9. The summed E-state index contributed by atoms with van der Waals surface area (Å²) < 4.78 is 6.41. The van der Waals surface area contributed by atoms with E-state index in [0.717, 1.165) is 5.69 Å². The highest BCUT2D eigenvalue weighted by Gasteiger charge is 2.64. The average Bonchev–Trinajstić information content (AvgIpc) is 2.70. The Morgan fingerprint density at radius 2 is 1.77 bits per heavy atom. The number of ether oxygens (including phenoxy) is 1. The number of non-ortho nitro benzene ring substituents is 1. The van der Waals surface area contributed by atoms with Gasteiger partial charge in [0.05, 0.1) is 23.2 Å². The maximum atomic E-state index is 13.3. The Balaban J connectivity index is 1.94. The fourth-order valence-corrected chi connectivity index (χ4v) is 4.99. The Bertz CT molecular complexity index is 955. The lowest BCUT2D eigenvalue weighted by atomic mass is 9.65. The normalized spacial score (nSPS) is 27.1. The standard InChI is InChI=1S/C21H26N4O6/c1-10(2)15-9-24-14-6-5-13(25(29)30)7-12(14)8-21(17(24)16(31-15)11(3)4)18(26)22-20(28)23-19(21)27/h5-7,10-11,15-17H,8-9H2,1-4H3,(H2,22,23,26,27,28)/t15-,16+,17-/m1/s1. The van der Waals surface area contributed by atoms with Crippen molar-refractivity contribution in [2.45, 2.75) is 52.4 Å². The summed E-state index contributed by atoms with van der Waals surface area (Å²) >= 11 is 0. The second-order valence-electron chi connectivity index (χ2n) is 9.18. The van der Waals surface area contributed by atoms with Crippen LogP contribution in [0, 0.1) is 27.4 Å². The molecule has 3 heterocycles. The number of morpholine rings is 1. The molecule has 0 unspecified atom stereocenters. The van der Waals surface area contributed by atoms with Gasteiger partial charge in [0, 0.05) is 30.8 Å². The van der Waals surface area contributed by atoms with Crippen molar-refractivity contribution < 1.29 is 24.0 Å². The van der Waals surface area contributed by atoms with Crippen LogP contribution in [0.3, 0.4) is 0 Å². The molecule has 0 saturated carbocycles. The summed E-state index contributed by atoms with van der Waals surface area (Å²) in [5.74, 6) is -1.25. The molecular formula is C21H26N4O6. The molecule has 4 amide bonds. The van der Waals surface area contributed by atoms with Gasteiger partial charge in [-0.15, -0.1) is 0 Å². The molecule has 31 heavy (non-hydrogen) atoms. The van der Waals surface area contributed by atoms with Crippen LogP contribution in [0.1, 0.15) is 33.3 Å². The number of fused-ring (bicyclic) bond motifs is 4. The fourth-order valence-electron chi connectivity index (χ4n) is 4.99. The third-order valence-corrected chi connectivity index (χ3v) is 6.58. The molecule has 0 radical (unpaired) electrons. The van der Waals surface area contributed by atoms with Gasteiger partial charge in [-0.1, -0.05) is 27.7 Å². The van der Waals surface area contributed by atoms with Crippen molar-refractivity contribution >= 4 is 29.2 Å². The lowest BCUT2D eigenvalue weighted by molar-refractivity contribution is -0.384. The van der Waals surface area contributed by atoms with E-state index in [1.54, 1.807) is 6.07 Å². The first-order valence-electron chi connectivity index (χ1n) is 10.4. The summed E-state index contributed by atoms with van der Waals surface area (Å²) in [5.41, 5.74) is -0.489. The number of imide groups is 2. The number of nitro groups is 1. The van der Waals surface area contributed by atoms with Gasteiger partial charge in [0.1, 0.15) is 0 Å². The largest absolute Gasteiger partial charge is 0.370 e. The number of benzene rings is 1. The van der Waals surface area contributed by atoms with E-state index in [-0.39, 0.29) is 30.0 Å². The predicted octanol–water partition coefficient (Wildman–Crippen LogP) is 1.76. The number of nitrogens with one attached hydrogen (secondary N) is 2. The van der Waals surface area contributed by atoms with Gasteiger partial charge in [-0.25, -0.2) is 4.79 Å². The molecule has 2 N–H and O–H groups in total. The van der Waals surface area contributed by atoms with Crippen LogP contribution in [0.5, 0.6) is 0 Å². The summed E-state index contributed by atoms with van der Waals surface area (Å²) in [4.78, 5) is 51.2. The molecule has 3 aliphatic rings. The summed E-state index contributed by atoms with van der Waals surface area (Å²) in [6, 6.07) is 2.99. The molecule has 0 aromatic heterocycles. The molecule has 2 saturated heterocycles. The SMILES string of the molecule is CC(C)[C@H]1CN2c3ccc([N+](=O)[O-])cc3CC3(C(=O)NC(=O)NC3=O)[C@H]2[C@H](C(C)C)O1. The minimum Gasteiger partial charge on any atom is -0.370 e. The maximum absolute atomic E-state index is 13.3. The molecule has 0 aliphatic carbocycles. The summed E-state index contributed by atoms with van der Waals surface area (Å²) in [7, 11) is 0. The van der Waals surface area contributed by atoms with E-state index in [1.165, 1.54) is 12.1 Å². The van der Waals surface area contributed by atoms with Gasteiger partial charge in [-0.3, -0.25) is 30.3 Å². The molecule has 3 atom stereocenters. The van der Waals surface area contributed by atoms with Gasteiger partial charge < -0.3 is 9.64 Å². The van der Waals surface area contributed by atoms with E-state index in [1.807, 2.05) is 32.6 Å². The van der Waals surface area contributed by atoms with Crippen molar-refractivity contribution in [3.05, 3.63) is 33.9 Å². The van der Waals surface area contributed by atoms with Crippen LogP contribution < -0.4 is 15.5 Å². The van der Waals surface area contributed by atoms with E-state index in [0.29, 0.717) is 12.1 Å². The second-order valence-corrected chi connectivity index (χ2v) is 9.18. The quantitative estimate of drug-likeness (QED) is 0.424. The summed E-state index contributed by atoms with van der Waals surface area (Å²) in [6.45, 7) is 8.43. The fraction of sp³-hybridized carbons (Fsp3) is 0.571. The minimum atomic E-state index is -1.65. The molecule has 166 valence electrons. The zero-order chi connectivity index (χ0) is 22.7. The topological polar surface area (TPSA) is 131 Å². The first kappa shape index (κ1) is 21.2.